The molecule has 0 radical (unpaired) electrons. The molecule has 3 aromatic rings. The normalized spacial score (nSPS) is 10.3. The van der Waals surface area contributed by atoms with Gasteiger partial charge in [0.25, 0.3) is 17.7 Å². The topological polar surface area (TPSA) is 95.7 Å². The summed E-state index contributed by atoms with van der Waals surface area (Å²) in [6, 6.07) is 14.3. The molecular weight excluding hydrogens is 350 g/mol. The quantitative estimate of drug-likeness (QED) is 0.651. The van der Waals surface area contributed by atoms with Gasteiger partial charge in [0.2, 0.25) is 0 Å². The van der Waals surface area contributed by atoms with Crippen LogP contribution in [0.15, 0.2) is 53.1 Å². The zero-order valence-electron chi connectivity index (χ0n) is 15.0. The maximum atomic E-state index is 12.0. The predicted octanol–water partition coefficient (Wildman–Crippen LogP) is 3.16. The maximum absolute atomic E-state index is 12.0. The molecule has 1 N–H and O–H groups in total. The van der Waals surface area contributed by atoms with E-state index in [-0.39, 0.29) is 12.6 Å². The van der Waals surface area contributed by atoms with Crippen LogP contribution in [0.25, 0.3) is 11.5 Å². The highest BCUT2D eigenvalue weighted by molar-refractivity contribution is 5.90. The molecule has 0 spiro atoms. The van der Waals surface area contributed by atoms with Crippen molar-refractivity contribution in [1.29, 1.82) is 0 Å². The smallest absolute Gasteiger partial charge is 0.270 e. The highest BCUT2D eigenvalue weighted by Crippen LogP contribution is 2.25. The lowest BCUT2D eigenvalue weighted by Crippen LogP contribution is -2.21. The van der Waals surface area contributed by atoms with Crippen LogP contribution in [0.1, 0.15) is 6.92 Å². The monoisotopic (exact) mass is 369 g/mol. The van der Waals surface area contributed by atoms with Crippen molar-refractivity contribution < 1.29 is 23.5 Å². The maximum Gasteiger partial charge on any atom is 0.270 e. The molecule has 0 aliphatic rings. The molecule has 0 aliphatic heterocycles. The largest absolute Gasteiger partial charge is 0.494 e. The predicted molar refractivity (Wildman–Crippen MR) is 98.0 cm³/mol. The Hall–Kier alpha value is -3.55. The minimum absolute atomic E-state index is 0.0625. The first kappa shape index (κ1) is 18.2. The number of carbonyl (C=O) groups excluding carboxylic acids is 1. The van der Waals surface area contributed by atoms with Gasteiger partial charge >= 0.3 is 0 Å². The van der Waals surface area contributed by atoms with Crippen molar-refractivity contribution in [1.82, 2.24) is 10.1 Å². The average Bonchev–Trinajstić information content (AvgIpc) is 3.16. The van der Waals surface area contributed by atoms with Crippen molar-refractivity contribution in [2.45, 2.75) is 6.92 Å². The Balaban J connectivity index is 1.57. The molecule has 1 heterocycles. The first-order valence-corrected chi connectivity index (χ1v) is 8.32. The van der Waals surface area contributed by atoms with Crippen molar-refractivity contribution >= 4 is 11.9 Å². The van der Waals surface area contributed by atoms with Gasteiger partial charge in [-0.25, -0.2) is 0 Å². The number of carbonyl (C=O) groups is 1. The number of nitrogens with zero attached hydrogens (tertiary/aromatic N) is 2. The number of rotatable bonds is 8. The van der Waals surface area contributed by atoms with Gasteiger partial charge in [0.1, 0.15) is 5.75 Å². The van der Waals surface area contributed by atoms with E-state index in [2.05, 4.69) is 15.5 Å². The van der Waals surface area contributed by atoms with Crippen molar-refractivity contribution in [3.8, 4) is 28.7 Å². The van der Waals surface area contributed by atoms with Crippen LogP contribution in [0.5, 0.6) is 17.2 Å². The third kappa shape index (κ3) is 4.75. The summed E-state index contributed by atoms with van der Waals surface area (Å²) in [5.74, 6) is 1.70. The van der Waals surface area contributed by atoms with Crippen LogP contribution in [0.2, 0.25) is 0 Å². The lowest BCUT2D eigenvalue weighted by Gasteiger charge is -2.09. The molecule has 1 amide bonds. The standard InChI is InChI=1S/C19H19N3O5/c1-3-25-14-10-8-13(9-11-14)18-21-19(22-27-18)20-17(23)12-26-16-7-5-4-6-15(16)24-2/h4-11H,3,12H2,1-2H3,(H,20,22,23). The van der Waals surface area contributed by atoms with Crippen LogP contribution in [0, 0.1) is 0 Å². The summed E-state index contributed by atoms with van der Waals surface area (Å²) in [5.41, 5.74) is 0.719. The Morgan fingerprint density at radius 1 is 1.07 bits per heavy atom. The van der Waals surface area contributed by atoms with Crippen LogP contribution in [0.3, 0.4) is 0 Å². The van der Waals surface area contributed by atoms with E-state index in [9.17, 15) is 4.79 Å². The van der Waals surface area contributed by atoms with Gasteiger partial charge in [-0.05, 0) is 48.5 Å². The fourth-order valence-corrected chi connectivity index (χ4v) is 2.29. The minimum atomic E-state index is -0.417. The van der Waals surface area contributed by atoms with Crippen molar-refractivity contribution in [2.24, 2.45) is 0 Å². The Morgan fingerprint density at radius 2 is 1.81 bits per heavy atom. The highest BCUT2D eigenvalue weighted by atomic mass is 16.5. The van der Waals surface area contributed by atoms with Crippen LogP contribution >= 0.6 is 0 Å². The summed E-state index contributed by atoms with van der Waals surface area (Å²) in [6.45, 7) is 2.29. The van der Waals surface area contributed by atoms with Gasteiger partial charge in [0, 0.05) is 5.56 Å². The summed E-state index contributed by atoms with van der Waals surface area (Å²) in [4.78, 5) is 16.2. The second kappa shape index (κ2) is 8.70. The highest BCUT2D eigenvalue weighted by Gasteiger charge is 2.13. The van der Waals surface area contributed by atoms with E-state index in [4.69, 9.17) is 18.7 Å². The van der Waals surface area contributed by atoms with Crippen molar-refractivity contribution in [3.63, 3.8) is 0 Å². The van der Waals surface area contributed by atoms with Gasteiger partial charge in [-0.3, -0.25) is 10.1 Å². The number of benzene rings is 2. The van der Waals surface area contributed by atoms with E-state index in [1.807, 2.05) is 25.1 Å². The number of methoxy groups -OCH3 is 1. The SMILES string of the molecule is CCOc1ccc(-c2nc(NC(=O)COc3ccccc3OC)no2)cc1. The Kier molecular flexibility index (Phi) is 5.88. The summed E-state index contributed by atoms with van der Waals surface area (Å²) in [6.07, 6.45) is 0. The molecule has 3 rings (SSSR count). The van der Waals surface area contributed by atoms with Crippen molar-refractivity contribution in [3.05, 3.63) is 48.5 Å². The fraction of sp³-hybridized carbons (Fsp3) is 0.211. The number of hydrogen-bond acceptors (Lipinski definition) is 7. The average molecular weight is 369 g/mol. The van der Waals surface area contributed by atoms with Crippen LogP contribution in [-0.4, -0.2) is 36.4 Å². The molecular formula is C19H19N3O5. The number of para-hydroxylation sites is 2. The number of ether oxygens (including phenoxy) is 3. The number of aromatic nitrogens is 2. The van der Waals surface area contributed by atoms with Crippen LogP contribution in [-0.2, 0) is 4.79 Å². The molecule has 0 aliphatic carbocycles. The van der Waals surface area contributed by atoms with Gasteiger partial charge in [0.15, 0.2) is 18.1 Å². The fourth-order valence-electron chi connectivity index (χ4n) is 2.29. The Bertz CT molecular complexity index is 892. The van der Waals surface area contributed by atoms with E-state index >= 15 is 0 Å². The minimum Gasteiger partial charge on any atom is -0.494 e. The second-order valence-corrected chi connectivity index (χ2v) is 5.37. The molecule has 27 heavy (non-hydrogen) atoms. The van der Waals surface area contributed by atoms with Gasteiger partial charge in [-0.15, -0.1) is 0 Å². The number of amides is 1. The van der Waals surface area contributed by atoms with Gasteiger partial charge in [-0.2, -0.15) is 4.98 Å². The molecule has 8 nitrogen and oxygen atoms in total. The van der Waals surface area contributed by atoms with E-state index in [0.29, 0.717) is 24.0 Å². The lowest BCUT2D eigenvalue weighted by molar-refractivity contribution is -0.118. The molecule has 0 fully saturated rings. The summed E-state index contributed by atoms with van der Waals surface area (Å²) in [7, 11) is 1.53. The third-order valence-electron chi connectivity index (χ3n) is 3.52. The Morgan fingerprint density at radius 3 is 2.52 bits per heavy atom. The zero-order chi connectivity index (χ0) is 19.1. The number of anilines is 1. The molecule has 0 unspecified atom stereocenters. The molecule has 8 heteroatoms. The first-order chi connectivity index (χ1) is 13.2. The molecule has 140 valence electrons. The van der Waals surface area contributed by atoms with Crippen LogP contribution in [0.4, 0.5) is 5.95 Å². The lowest BCUT2D eigenvalue weighted by atomic mass is 10.2. The molecule has 0 saturated heterocycles. The molecule has 0 atom stereocenters. The molecule has 1 aromatic heterocycles. The van der Waals surface area contributed by atoms with Crippen LogP contribution < -0.4 is 19.5 Å². The van der Waals surface area contributed by atoms with E-state index in [1.54, 1.807) is 30.3 Å². The number of nitrogens with one attached hydrogen (secondary N) is 1. The van der Waals surface area contributed by atoms with E-state index < -0.39 is 5.91 Å². The van der Waals surface area contributed by atoms with Gasteiger partial charge < -0.3 is 18.7 Å². The van der Waals surface area contributed by atoms with Crippen molar-refractivity contribution in [2.75, 3.05) is 25.6 Å². The first-order valence-electron chi connectivity index (χ1n) is 8.32. The van der Waals surface area contributed by atoms with Gasteiger partial charge in [0.05, 0.1) is 13.7 Å². The molecule has 0 bridgehead atoms. The van der Waals surface area contributed by atoms with E-state index in [0.717, 1.165) is 11.3 Å². The van der Waals surface area contributed by atoms with Gasteiger partial charge in [-0.1, -0.05) is 12.1 Å². The summed E-state index contributed by atoms with van der Waals surface area (Å²) < 4.78 is 21.2. The Labute approximate surface area is 156 Å². The summed E-state index contributed by atoms with van der Waals surface area (Å²) >= 11 is 0. The third-order valence-corrected chi connectivity index (χ3v) is 3.52. The number of hydrogen-bond donors (Lipinski definition) is 1. The summed E-state index contributed by atoms with van der Waals surface area (Å²) in [5, 5.41) is 6.28. The van der Waals surface area contributed by atoms with E-state index in [1.165, 1.54) is 7.11 Å². The zero-order valence-corrected chi connectivity index (χ0v) is 15.0. The second-order valence-electron chi connectivity index (χ2n) is 5.37. The molecule has 2 aromatic carbocycles. The molecule has 0 saturated carbocycles.